The number of thioether (sulfide) groups is 1. The molecular formula is C23H25ClN4OS. The van der Waals surface area contributed by atoms with Gasteiger partial charge in [0.15, 0.2) is 11.0 Å². The number of carbonyl (C=O) groups excluding carboxylic acids is 1. The molecule has 156 valence electrons. The van der Waals surface area contributed by atoms with Crippen LogP contribution in [0.15, 0.2) is 66.3 Å². The second-order valence-electron chi connectivity index (χ2n) is 6.95. The molecule has 1 unspecified atom stereocenters. The summed E-state index contributed by atoms with van der Waals surface area (Å²) in [5.41, 5.74) is 2.86. The summed E-state index contributed by atoms with van der Waals surface area (Å²) in [5, 5.41) is 12.7. The van der Waals surface area contributed by atoms with Gasteiger partial charge in [0.05, 0.1) is 10.8 Å². The first-order chi connectivity index (χ1) is 14.5. The minimum absolute atomic E-state index is 0.0938. The Labute approximate surface area is 186 Å². The fourth-order valence-corrected chi connectivity index (χ4v) is 3.96. The lowest BCUT2D eigenvalue weighted by Crippen LogP contribution is -2.14. The lowest BCUT2D eigenvalue weighted by atomic mass is 9.99. The van der Waals surface area contributed by atoms with Gasteiger partial charge in [-0.3, -0.25) is 9.36 Å². The van der Waals surface area contributed by atoms with Crippen molar-refractivity contribution < 1.29 is 4.79 Å². The Bertz CT molecular complexity index is 1020. The molecule has 3 aromatic rings. The lowest BCUT2D eigenvalue weighted by molar-refractivity contribution is -0.113. The van der Waals surface area contributed by atoms with Crippen LogP contribution in [0.5, 0.6) is 0 Å². The average molecular weight is 441 g/mol. The van der Waals surface area contributed by atoms with Gasteiger partial charge in [-0.15, -0.1) is 16.8 Å². The van der Waals surface area contributed by atoms with Crippen LogP contribution in [0.4, 0.5) is 5.69 Å². The number of aromatic nitrogens is 3. The van der Waals surface area contributed by atoms with E-state index in [0.717, 1.165) is 17.7 Å². The van der Waals surface area contributed by atoms with Crippen molar-refractivity contribution in [2.45, 2.75) is 37.9 Å². The molecule has 3 rings (SSSR count). The quantitative estimate of drug-likeness (QED) is 0.326. The summed E-state index contributed by atoms with van der Waals surface area (Å²) in [7, 11) is 0. The van der Waals surface area contributed by atoms with Crippen molar-refractivity contribution in [3.05, 3.63) is 71.8 Å². The van der Waals surface area contributed by atoms with Gasteiger partial charge >= 0.3 is 0 Å². The summed E-state index contributed by atoms with van der Waals surface area (Å²) < 4.78 is 1.91. The molecule has 1 aromatic heterocycles. The van der Waals surface area contributed by atoms with Gasteiger partial charge < -0.3 is 5.32 Å². The van der Waals surface area contributed by atoms with Crippen LogP contribution in [0.3, 0.4) is 0 Å². The molecule has 0 saturated carbocycles. The SMILES string of the molecule is C=CCn1c(SCC(=O)Nc2ccc(C(C)CC)cc2)nnc1-c1ccccc1Cl. The number of halogens is 1. The summed E-state index contributed by atoms with van der Waals surface area (Å²) in [6, 6.07) is 15.5. The monoisotopic (exact) mass is 440 g/mol. The first-order valence-corrected chi connectivity index (χ1v) is 11.2. The molecule has 1 atom stereocenters. The molecule has 0 aliphatic carbocycles. The van der Waals surface area contributed by atoms with Crippen LogP contribution in [0.2, 0.25) is 5.02 Å². The summed E-state index contributed by atoms with van der Waals surface area (Å²) in [4.78, 5) is 12.4. The highest BCUT2D eigenvalue weighted by molar-refractivity contribution is 7.99. The standard InChI is InChI=1S/C23H25ClN4OS/c1-4-14-28-22(19-8-6-7-9-20(19)24)26-27-23(28)30-15-21(29)25-18-12-10-17(11-13-18)16(3)5-2/h4,6-13,16H,1,5,14-15H2,2-3H3,(H,25,29). The first-order valence-electron chi connectivity index (χ1n) is 9.85. The number of anilines is 1. The third-order valence-corrected chi connectivity index (χ3v) is 6.15. The van der Waals surface area contributed by atoms with Crippen LogP contribution in [0, 0.1) is 0 Å². The number of allylic oxidation sites excluding steroid dienone is 1. The van der Waals surface area contributed by atoms with Gasteiger partial charge in [0.1, 0.15) is 0 Å². The molecule has 0 aliphatic rings. The number of rotatable bonds is 9. The Hall–Kier alpha value is -2.57. The molecule has 1 N–H and O–H groups in total. The number of amides is 1. The smallest absolute Gasteiger partial charge is 0.234 e. The van der Waals surface area contributed by atoms with Crippen LogP contribution >= 0.6 is 23.4 Å². The van der Waals surface area contributed by atoms with Crippen LogP contribution in [0.25, 0.3) is 11.4 Å². The van der Waals surface area contributed by atoms with Gasteiger partial charge in [-0.25, -0.2) is 0 Å². The van der Waals surface area contributed by atoms with E-state index in [9.17, 15) is 4.79 Å². The largest absolute Gasteiger partial charge is 0.325 e. The Kier molecular flexibility index (Phi) is 7.71. The van der Waals surface area contributed by atoms with Gasteiger partial charge in [0.25, 0.3) is 0 Å². The predicted octanol–water partition coefficient (Wildman–Crippen LogP) is 6.03. The Balaban J connectivity index is 1.67. The predicted molar refractivity (Wildman–Crippen MR) is 125 cm³/mol. The molecule has 0 aliphatic heterocycles. The number of carbonyl (C=O) groups is 1. The van der Waals surface area contributed by atoms with Crippen molar-refractivity contribution in [2.24, 2.45) is 0 Å². The second-order valence-corrected chi connectivity index (χ2v) is 8.30. The van der Waals surface area contributed by atoms with Gasteiger partial charge in [-0.2, -0.15) is 0 Å². The van der Waals surface area contributed by atoms with Crippen molar-refractivity contribution in [1.29, 1.82) is 0 Å². The summed E-state index contributed by atoms with van der Waals surface area (Å²) in [6.07, 6.45) is 2.86. The maximum Gasteiger partial charge on any atom is 0.234 e. The molecule has 0 fully saturated rings. The molecule has 30 heavy (non-hydrogen) atoms. The first kappa shape index (κ1) is 22.1. The van der Waals surface area contributed by atoms with Crippen LogP contribution in [-0.4, -0.2) is 26.4 Å². The zero-order chi connectivity index (χ0) is 21.5. The van der Waals surface area contributed by atoms with Crippen molar-refractivity contribution in [3.63, 3.8) is 0 Å². The highest BCUT2D eigenvalue weighted by Crippen LogP contribution is 2.29. The molecule has 0 saturated heterocycles. The van der Waals surface area contributed by atoms with E-state index in [1.54, 1.807) is 6.08 Å². The number of nitrogens with zero attached hydrogens (tertiary/aromatic N) is 3. The van der Waals surface area contributed by atoms with Crippen molar-refractivity contribution in [3.8, 4) is 11.4 Å². The highest BCUT2D eigenvalue weighted by atomic mass is 35.5. The van der Waals surface area contributed by atoms with Crippen LogP contribution < -0.4 is 5.32 Å². The Morgan fingerprint density at radius 1 is 1.23 bits per heavy atom. The maximum atomic E-state index is 12.4. The van der Waals surface area contributed by atoms with Crippen molar-refractivity contribution in [1.82, 2.24) is 14.8 Å². The molecule has 0 spiro atoms. The van der Waals surface area contributed by atoms with E-state index in [-0.39, 0.29) is 11.7 Å². The number of hydrogen-bond donors (Lipinski definition) is 1. The highest BCUT2D eigenvalue weighted by Gasteiger charge is 2.16. The number of hydrogen-bond acceptors (Lipinski definition) is 4. The summed E-state index contributed by atoms with van der Waals surface area (Å²) in [6.45, 7) is 8.70. The van der Waals surface area contributed by atoms with E-state index in [1.807, 2.05) is 41.0 Å². The second kappa shape index (κ2) is 10.5. The van der Waals surface area contributed by atoms with E-state index in [0.29, 0.717) is 28.5 Å². The van der Waals surface area contributed by atoms with E-state index in [1.165, 1.54) is 17.3 Å². The Morgan fingerprint density at radius 3 is 2.63 bits per heavy atom. The average Bonchev–Trinajstić information content (AvgIpc) is 3.15. The van der Waals surface area contributed by atoms with E-state index >= 15 is 0 Å². The van der Waals surface area contributed by atoms with Gasteiger partial charge in [-0.05, 0) is 42.2 Å². The molecule has 0 radical (unpaired) electrons. The maximum absolute atomic E-state index is 12.4. The van der Waals surface area contributed by atoms with Gasteiger partial charge in [0, 0.05) is 17.8 Å². The third-order valence-electron chi connectivity index (χ3n) is 4.85. The topological polar surface area (TPSA) is 59.8 Å². The van der Waals surface area contributed by atoms with Crippen molar-refractivity contribution in [2.75, 3.05) is 11.1 Å². The third kappa shape index (κ3) is 5.32. The molecule has 1 heterocycles. The van der Waals surface area contributed by atoms with E-state index in [2.05, 4.69) is 48.1 Å². The van der Waals surface area contributed by atoms with Crippen molar-refractivity contribution >= 4 is 35.0 Å². The van der Waals surface area contributed by atoms with Gasteiger partial charge in [0.2, 0.25) is 5.91 Å². The minimum Gasteiger partial charge on any atom is -0.325 e. The number of nitrogens with one attached hydrogen (secondary N) is 1. The van der Waals surface area contributed by atoms with E-state index in [4.69, 9.17) is 11.6 Å². The summed E-state index contributed by atoms with van der Waals surface area (Å²) in [5.74, 6) is 1.30. The molecule has 5 nitrogen and oxygen atoms in total. The fraction of sp³-hybridized carbons (Fsp3) is 0.261. The van der Waals surface area contributed by atoms with Crippen LogP contribution in [0.1, 0.15) is 31.7 Å². The zero-order valence-corrected chi connectivity index (χ0v) is 18.7. The summed E-state index contributed by atoms with van der Waals surface area (Å²) >= 11 is 7.65. The molecule has 0 bridgehead atoms. The molecule has 7 heteroatoms. The van der Waals surface area contributed by atoms with Gasteiger partial charge in [-0.1, -0.05) is 67.6 Å². The minimum atomic E-state index is -0.0938. The van der Waals surface area contributed by atoms with E-state index < -0.39 is 0 Å². The molecule has 2 aromatic carbocycles. The lowest BCUT2D eigenvalue weighted by Gasteiger charge is -2.11. The Morgan fingerprint density at radius 2 is 1.97 bits per heavy atom. The normalized spacial score (nSPS) is 11.8. The molecule has 1 amide bonds. The number of benzene rings is 2. The molecular weight excluding hydrogens is 416 g/mol. The zero-order valence-electron chi connectivity index (χ0n) is 17.1. The van der Waals surface area contributed by atoms with Crippen LogP contribution in [-0.2, 0) is 11.3 Å². The fourth-order valence-electron chi connectivity index (χ4n) is 2.99.